The number of hydrogen-bond donors (Lipinski definition) is 0. The van der Waals surface area contributed by atoms with Gasteiger partial charge >= 0.3 is 5.97 Å². The number of carbonyl (C=O) groups excluding carboxylic acids is 1. The Labute approximate surface area is 128 Å². The van der Waals surface area contributed by atoms with Crippen LogP contribution in [0.4, 0.5) is 0 Å². The van der Waals surface area contributed by atoms with Gasteiger partial charge in [0.2, 0.25) is 0 Å². The van der Waals surface area contributed by atoms with E-state index >= 15 is 0 Å². The summed E-state index contributed by atoms with van der Waals surface area (Å²) >= 11 is 0. The van der Waals surface area contributed by atoms with Gasteiger partial charge in [0.1, 0.15) is 5.56 Å². The molecule has 0 saturated heterocycles. The van der Waals surface area contributed by atoms with Crippen molar-refractivity contribution in [3.05, 3.63) is 17.5 Å². The number of aryl methyl sites for hydroxylation is 1. The van der Waals surface area contributed by atoms with Gasteiger partial charge in [-0.05, 0) is 33.2 Å². The van der Waals surface area contributed by atoms with Crippen LogP contribution in [0.25, 0.3) is 0 Å². The molecular formula is C16H29N3O2. The highest BCUT2D eigenvalue weighted by atomic mass is 16.5. The van der Waals surface area contributed by atoms with Gasteiger partial charge in [-0.2, -0.15) is 5.10 Å². The van der Waals surface area contributed by atoms with Gasteiger partial charge < -0.3 is 4.74 Å². The van der Waals surface area contributed by atoms with Crippen LogP contribution >= 0.6 is 0 Å². The molecule has 0 fully saturated rings. The molecule has 1 heterocycles. The van der Waals surface area contributed by atoms with Crippen molar-refractivity contribution >= 4 is 5.97 Å². The zero-order valence-corrected chi connectivity index (χ0v) is 14.1. The molecule has 1 aromatic rings. The molecule has 120 valence electrons. The Hall–Kier alpha value is -1.36. The van der Waals surface area contributed by atoms with Crippen LogP contribution in [-0.4, -0.2) is 39.8 Å². The summed E-state index contributed by atoms with van der Waals surface area (Å²) in [5, 5.41) is 4.23. The summed E-state index contributed by atoms with van der Waals surface area (Å²) in [4.78, 5) is 14.4. The third-order valence-electron chi connectivity index (χ3n) is 3.92. The van der Waals surface area contributed by atoms with Crippen LogP contribution in [-0.2, 0) is 18.3 Å². The van der Waals surface area contributed by atoms with Crippen molar-refractivity contribution in [2.45, 2.75) is 59.5 Å². The minimum Gasteiger partial charge on any atom is -0.462 e. The fourth-order valence-corrected chi connectivity index (χ4v) is 2.30. The molecule has 21 heavy (non-hydrogen) atoms. The Morgan fingerprint density at radius 1 is 1.43 bits per heavy atom. The first-order chi connectivity index (χ1) is 10.0. The minimum atomic E-state index is -0.278. The molecule has 0 spiro atoms. The highest BCUT2D eigenvalue weighted by Gasteiger charge is 2.21. The second-order valence-electron chi connectivity index (χ2n) is 5.43. The molecule has 1 atom stereocenters. The molecule has 0 radical (unpaired) electrons. The molecule has 5 nitrogen and oxygen atoms in total. The van der Waals surface area contributed by atoms with E-state index < -0.39 is 0 Å². The number of carbonyl (C=O) groups is 1. The maximum Gasteiger partial charge on any atom is 0.341 e. The van der Waals surface area contributed by atoms with Crippen molar-refractivity contribution < 1.29 is 9.53 Å². The molecule has 0 amide bonds. The second kappa shape index (κ2) is 8.82. The number of hydrogen-bond acceptors (Lipinski definition) is 4. The van der Waals surface area contributed by atoms with Crippen molar-refractivity contribution in [3.63, 3.8) is 0 Å². The first-order valence-electron chi connectivity index (χ1n) is 7.97. The highest BCUT2D eigenvalue weighted by molar-refractivity contribution is 5.90. The predicted octanol–water partition coefficient (Wildman–Crippen LogP) is 3.00. The van der Waals surface area contributed by atoms with Gasteiger partial charge in [0, 0.05) is 19.6 Å². The standard InChI is InChI=1S/C16H29N3O2/c1-6-9-10-19(13(4)7-2)12-15-14(11-17-18(15)5)16(20)21-8-3/h11,13H,6-10,12H2,1-5H3. The van der Waals surface area contributed by atoms with Gasteiger partial charge in [0.25, 0.3) is 0 Å². The van der Waals surface area contributed by atoms with E-state index in [2.05, 4.69) is 30.8 Å². The summed E-state index contributed by atoms with van der Waals surface area (Å²) in [5.74, 6) is -0.278. The number of rotatable bonds is 9. The lowest BCUT2D eigenvalue weighted by molar-refractivity contribution is 0.0522. The van der Waals surface area contributed by atoms with E-state index in [1.807, 2.05) is 14.0 Å². The average Bonchev–Trinajstić information content (AvgIpc) is 2.84. The molecule has 1 unspecified atom stereocenters. The Kier molecular flexibility index (Phi) is 7.43. The molecule has 0 aliphatic rings. The number of aromatic nitrogens is 2. The molecule has 0 saturated carbocycles. The maximum atomic E-state index is 12.0. The van der Waals surface area contributed by atoms with Gasteiger partial charge in [-0.1, -0.05) is 20.3 Å². The summed E-state index contributed by atoms with van der Waals surface area (Å²) in [6, 6.07) is 0.487. The molecule has 0 N–H and O–H groups in total. The van der Waals surface area contributed by atoms with E-state index in [0.717, 1.165) is 31.6 Å². The summed E-state index contributed by atoms with van der Waals surface area (Å²) < 4.78 is 6.91. The quantitative estimate of drug-likeness (QED) is 0.657. The molecule has 1 rings (SSSR count). The number of nitrogens with zero attached hydrogens (tertiary/aromatic N) is 3. The summed E-state index contributed by atoms with van der Waals surface area (Å²) in [5.41, 5.74) is 1.52. The Balaban J connectivity index is 2.91. The molecule has 0 aliphatic carbocycles. The minimum absolute atomic E-state index is 0.278. The van der Waals surface area contributed by atoms with Crippen LogP contribution in [0.2, 0.25) is 0 Å². The Morgan fingerprint density at radius 3 is 2.71 bits per heavy atom. The van der Waals surface area contributed by atoms with Crippen LogP contribution in [0.1, 0.15) is 63.0 Å². The lowest BCUT2D eigenvalue weighted by atomic mass is 10.1. The third kappa shape index (κ3) is 4.84. The summed E-state index contributed by atoms with van der Waals surface area (Å²) in [6.45, 7) is 10.6. The largest absolute Gasteiger partial charge is 0.462 e. The molecule has 1 aromatic heterocycles. The average molecular weight is 295 g/mol. The SMILES string of the molecule is CCCCN(Cc1c(C(=O)OCC)cnn1C)C(C)CC. The fourth-order valence-electron chi connectivity index (χ4n) is 2.30. The number of esters is 1. The van der Waals surface area contributed by atoms with Crippen molar-refractivity contribution in [3.8, 4) is 0 Å². The van der Waals surface area contributed by atoms with Crippen LogP contribution in [0.3, 0.4) is 0 Å². The van der Waals surface area contributed by atoms with Gasteiger partial charge in [-0.25, -0.2) is 4.79 Å². The lowest BCUT2D eigenvalue weighted by Gasteiger charge is -2.28. The van der Waals surface area contributed by atoms with Gasteiger partial charge in [0.05, 0.1) is 18.5 Å². The van der Waals surface area contributed by atoms with Crippen molar-refractivity contribution in [1.29, 1.82) is 0 Å². The maximum absolute atomic E-state index is 12.0. The van der Waals surface area contributed by atoms with Crippen LogP contribution in [0, 0.1) is 0 Å². The monoisotopic (exact) mass is 295 g/mol. The molecule has 0 aromatic carbocycles. The predicted molar refractivity (Wildman–Crippen MR) is 84.2 cm³/mol. The second-order valence-corrected chi connectivity index (χ2v) is 5.43. The first kappa shape index (κ1) is 17.7. The van der Waals surface area contributed by atoms with Gasteiger partial charge in [0.15, 0.2) is 0 Å². The molecule has 5 heteroatoms. The smallest absolute Gasteiger partial charge is 0.341 e. The zero-order valence-electron chi connectivity index (χ0n) is 14.1. The van der Waals surface area contributed by atoms with Crippen LogP contribution < -0.4 is 0 Å². The number of ether oxygens (including phenoxy) is 1. The topological polar surface area (TPSA) is 47.4 Å². The third-order valence-corrected chi connectivity index (χ3v) is 3.92. The van der Waals surface area contributed by atoms with E-state index in [-0.39, 0.29) is 5.97 Å². The lowest BCUT2D eigenvalue weighted by Crippen LogP contribution is -2.34. The van der Waals surface area contributed by atoms with Crippen LogP contribution in [0.5, 0.6) is 0 Å². The van der Waals surface area contributed by atoms with E-state index in [0.29, 0.717) is 18.2 Å². The van der Waals surface area contributed by atoms with Crippen molar-refractivity contribution in [2.24, 2.45) is 7.05 Å². The Bertz CT molecular complexity index is 443. The highest BCUT2D eigenvalue weighted by Crippen LogP contribution is 2.16. The molecular weight excluding hydrogens is 266 g/mol. The summed E-state index contributed by atoms with van der Waals surface area (Å²) in [6.07, 6.45) is 5.04. The summed E-state index contributed by atoms with van der Waals surface area (Å²) in [7, 11) is 1.88. The first-order valence-corrected chi connectivity index (χ1v) is 7.97. The Morgan fingerprint density at radius 2 is 2.14 bits per heavy atom. The number of unbranched alkanes of at least 4 members (excludes halogenated alkanes) is 1. The van der Waals surface area contributed by atoms with Gasteiger partial charge in [-0.15, -0.1) is 0 Å². The van der Waals surface area contributed by atoms with Crippen LogP contribution in [0.15, 0.2) is 6.20 Å². The van der Waals surface area contributed by atoms with Crippen molar-refractivity contribution in [2.75, 3.05) is 13.2 Å². The van der Waals surface area contributed by atoms with E-state index in [9.17, 15) is 4.79 Å². The van der Waals surface area contributed by atoms with Gasteiger partial charge in [-0.3, -0.25) is 9.58 Å². The van der Waals surface area contributed by atoms with E-state index in [1.165, 1.54) is 6.42 Å². The van der Waals surface area contributed by atoms with E-state index in [4.69, 9.17) is 4.74 Å². The zero-order chi connectivity index (χ0) is 15.8. The molecule has 0 aliphatic heterocycles. The van der Waals surface area contributed by atoms with Crippen molar-refractivity contribution in [1.82, 2.24) is 14.7 Å². The fraction of sp³-hybridized carbons (Fsp3) is 0.750. The van der Waals surface area contributed by atoms with E-state index in [1.54, 1.807) is 10.9 Å². The normalized spacial score (nSPS) is 12.7. The molecule has 0 bridgehead atoms.